The second-order valence-electron chi connectivity index (χ2n) is 10.6. The van der Waals surface area contributed by atoms with Crippen LogP contribution in [0.15, 0.2) is 59.3 Å². The van der Waals surface area contributed by atoms with Gasteiger partial charge in [0, 0.05) is 29.9 Å². The first-order valence-corrected chi connectivity index (χ1v) is 17.3. The molecule has 1 unspecified atom stereocenters. The standard InChI is InChI=1S/C28H37N5O8S2/c29-12-4-3-9-22(30)28(34)32-24-18-26-27(21-8-2-1-7-20(21)24)31-23-11-10-19(17-25(23)41-26)33(13-5-15-42(35,36)37)14-6-16-43(38,39)40/h1-2,7-8,10-11,17-19,22H,3-6,9,12-16,29-30H2,(H,32,34)(H,35,36,37)(H,38,39,40)/p+1/t19?,22-/m0/s1. The highest BCUT2D eigenvalue weighted by atomic mass is 32.2. The van der Waals surface area contributed by atoms with Crippen LogP contribution in [0, 0.1) is 0 Å². The van der Waals surface area contributed by atoms with Crippen LogP contribution in [0.25, 0.3) is 10.8 Å². The van der Waals surface area contributed by atoms with Gasteiger partial charge in [-0.1, -0.05) is 30.3 Å². The van der Waals surface area contributed by atoms with Crippen molar-refractivity contribution in [3.8, 4) is 5.75 Å². The molecule has 0 saturated carbocycles. The van der Waals surface area contributed by atoms with E-state index in [1.807, 2.05) is 35.2 Å². The van der Waals surface area contributed by atoms with Crippen LogP contribution in [0.1, 0.15) is 32.1 Å². The summed E-state index contributed by atoms with van der Waals surface area (Å²) in [5.41, 5.74) is 11.6. The van der Waals surface area contributed by atoms with E-state index >= 15 is 0 Å². The molecule has 4 rings (SSSR count). The van der Waals surface area contributed by atoms with Gasteiger partial charge in [-0.25, -0.2) is 4.99 Å². The van der Waals surface area contributed by atoms with E-state index in [2.05, 4.69) is 11.1 Å². The molecule has 2 aromatic carbocycles. The summed E-state index contributed by atoms with van der Waals surface area (Å²) < 4.78 is 69.6. The maximum absolute atomic E-state index is 12.9. The van der Waals surface area contributed by atoms with E-state index in [1.54, 1.807) is 18.2 Å². The van der Waals surface area contributed by atoms with Crippen molar-refractivity contribution in [1.82, 2.24) is 4.90 Å². The van der Waals surface area contributed by atoms with Crippen LogP contribution in [-0.4, -0.2) is 85.7 Å². The van der Waals surface area contributed by atoms with Gasteiger partial charge in [0.25, 0.3) is 20.2 Å². The number of nitrogens with zero attached hydrogens (tertiary/aromatic N) is 2. The smallest absolute Gasteiger partial charge is 0.264 e. The van der Waals surface area contributed by atoms with Crippen molar-refractivity contribution in [2.45, 2.75) is 44.2 Å². The number of amides is 1. The number of carbonyl (C=O) groups is 1. The quantitative estimate of drug-likeness (QED) is 0.141. The van der Waals surface area contributed by atoms with E-state index < -0.39 is 43.8 Å². The zero-order valence-electron chi connectivity index (χ0n) is 23.7. The second kappa shape index (κ2) is 14.1. The zero-order chi connectivity index (χ0) is 31.2. The van der Waals surface area contributed by atoms with Crippen molar-refractivity contribution in [2.24, 2.45) is 10.7 Å². The minimum atomic E-state index is -4.17. The summed E-state index contributed by atoms with van der Waals surface area (Å²) in [6.45, 7) is 1.23. The van der Waals surface area contributed by atoms with Gasteiger partial charge >= 0.3 is 0 Å². The van der Waals surface area contributed by atoms with Crippen molar-refractivity contribution in [3.63, 3.8) is 0 Å². The predicted octanol–water partition coefficient (Wildman–Crippen LogP) is 1.66. The van der Waals surface area contributed by atoms with Crippen LogP contribution in [0.3, 0.4) is 0 Å². The van der Waals surface area contributed by atoms with Gasteiger partial charge in [0.05, 0.1) is 35.8 Å². The molecule has 2 aliphatic rings. The molecule has 2 aromatic rings. The third kappa shape index (κ3) is 9.15. The van der Waals surface area contributed by atoms with Gasteiger partial charge in [-0.05, 0) is 44.3 Å². The van der Waals surface area contributed by atoms with Gasteiger partial charge in [-0.15, -0.1) is 0 Å². The number of ether oxygens (including phenoxy) is 1. The number of hydrogen-bond acceptors (Lipinski definition) is 9. The second-order valence-corrected chi connectivity index (χ2v) is 13.7. The van der Waals surface area contributed by atoms with Crippen molar-refractivity contribution < 1.29 is 41.2 Å². The third-order valence-electron chi connectivity index (χ3n) is 7.19. The van der Waals surface area contributed by atoms with E-state index in [9.17, 15) is 21.6 Å². The highest BCUT2D eigenvalue weighted by Crippen LogP contribution is 2.44. The monoisotopic (exact) mass is 636 g/mol. The minimum absolute atomic E-state index is 0.107. The molecule has 234 valence electrons. The number of carbonyl (C=O) groups excluding carboxylic acids is 1. The molecule has 0 bridgehead atoms. The highest BCUT2D eigenvalue weighted by molar-refractivity contribution is 7.86. The molecular weight excluding hydrogens is 598 g/mol. The number of fused-ring (bicyclic) bond motifs is 4. The third-order valence-corrected chi connectivity index (χ3v) is 8.80. The van der Waals surface area contributed by atoms with Gasteiger partial charge in [0.15, 0.2) is 11.5 Å². The number of nitrogens with two attached hydrogens (primary N) is 1. The van der Waals surface area contributed by atoms with Gasteiger partial charge in [-0.2, -0.15) is 16.8 Å². The Morgan fingerprint density at radius 2 is 1.70 bits per heavy atom. The zero-order valence-corrected chi connectivity index (χ0v) is 25.3. The lowest BCUT2D eigenvalue weighted by Crippen LogP contribution is -2.50. The minimum Gasteiger partial charge on any atom is -0.453 e. The lowest BCUT2D eigenvalue weighted by Gasteiger charge is -2.31. The van der Waals surface area contributed by atoms with Crippen LogP contribution < -0.4 is 21.5 Å². The Balaban J connectivity index is 1.59. The Bertz CT molecular complexity index is 1620. The molecule has 1 aliphatic heterocycles. The highest BCUT2D eigenvalue weighted by Gasteiger charge is 2.27. The number of quaternary nitrogens is 1. The van der Waals surface area contributed by atoms with Gasteiger partial charge in [-0.3, -0.25) is 18.8 Å². The molecule has 0 saturated heterocycles. The molecule has 0 fully saturated rings. The summed E-state index contributed by atoms with van der Waals surface area (Å²) >= 11 is 0. The lowest BCUT2D eigenvalue weighted by atomic mass is 10.0. The molecule has 15 heteroatoms. The summed E-state index contributed by atoms with van der Waals surface area (Å²) in [6, 6.07) is 8.14. The van der Waals surface area contributed by atoms with Gasteiger partial charge in [0.2, 0.25) is 5.91 Å². The molecule has 2 atom stereocenters. The molecule has 1 heterocycles. The van der Waals surface area contributed by atoms with Gasteiger partial charge < -0.3 is 21.5 Å². The van der Waals surface area contributed by atoms with Crippen LogP contribution in [0.4, 0.5) is 11.4 Å². The fourth-order valence-corrected chi connectivity index (χ4v) is 6.04. The first kappa shape index (κ1) is 32.7. The molecule has 0 spiro atoms. The maximum atomic E-state index is 12.9. The molecule has 0 radical (unpaired) electrons. The number of aliphatic imine (C=N–C) groups is 1. The van der Waals surface area contributed by atoms with E-state index in [0.29, 0.717) is 35.0 Å². The number of nitrogens with one attached hydrogen (secondary N) is 1. The average molecular weight is 637 g/mol. The number of allylic oxidation sites excluding steroid dienone is 1. The average Bonchev–Trinajstić information content (AvgIpc) is 2.94. The molecular formula is C28H38N5O8S2+. The predicted molar refractivity (Wildman–Crippen MR) is 165 cm³/mol. The topological polar surface area (TPSA) is 216 Å². The maximum Gasteiger partial charge on any atom is 0.264 e. The number of unbranched alkanes of at least 4 members (excludes halogenated alkanes) is 1. The Labute approximate surface area is 251 Å². The summed E-state index contributed by atoms with van der Waals surface area (Å²) in [5.74, 6) is -0.349. The number of hydrogen-bond donors (Lipinski definition) is 5. The molecule has 8 N–H and O–H groups in total. The summed E-state index contributed by atoms with van der Waals surface area (Å²) in [6.07, 6.45) is 7.84. The Morgan fingerprint density at radius 3 is 2.33 bits per heavy atom. The fraction of sp³-hybridized carbons (Fsp3) is 0.429. The van der Waals surface area contributed by atoms with Crippen LogP contribution in [0.2, 0.25) is 0 Å². The Kier molecular flexibility index (Phi) is 10.7. The molecule has 1 amide bonds. The number of benzene rings is 2. The van der Waals surface area contributed by atoms with Crippen molar-refractivity contribution in [1.29, 1.82) is 0 Å². The molecule has 0 aromatic heterocycles. The Hall–Kier alpha value is -3.18. The van der Waals surface area contributed by atoms with Crippen molar-refractivity contribution in [2.75, 3.05) is 36.5 Å². The number of rotatable bonds is 15. The summed E-state index contributed by atoms with van der Waals surface area (Å²) in [5, 5.41) is 4.50. The summed E-state index contributed by atoms with van der Waals surface area (Å²) in [4.78, 5) is 19.6. The Morgan fingerprint density at radius 1 is 1.05 bits per heavy atom. The number of anilines is 1. The van der Waals surface area contributed by atoms with E-state index in [4.69, 9.17) is 24.6 Å². The van der Waals surface area contributed by atoms with Gasteiger partial charge in [0.1, 0.15) is 11.4 Å². The van der Waals surface area contributed by atoms with Crippen LogP contribution in [0.5, 0.6) is 5.75 Å². The van der Waals surface area contributed by atoms with E-state index in [-0.39, 0.29) is 31.8 Å². The van der Waals surface area contributed by atoms with Crippen LogP contribution in [-0.2, 0) is 25.0 Å². The van der Waals surface area contributed by atoms with Crippen LogP contribution >= 0.6 is 0 Å². The SMILES string of the molecule is N[C@@H](CCCC[NH3+])C(=O)Nc1cc2c(c3ccccc13)N=C1C=CC(N(CCCS(=O)(=O)O)CCCS(=O)(=O)O)C=C1O2. The molecule has 43 heavy (non-hydrogen) atoms. The molecule has 13 nitrogen and oxygen atoms in total. The van der Waals surface area contributed by atoms with Crippen molar-refractivity contribution in [3.05, 3.63) is 54.3 Å². The molecule has 1 aliphatic carbocycles. The normalized spacial score (nSPS) is 17.1. The fourth-order valence-electron chi connectivity index (χ4n) is 5.05. The largest absolute Gasteiger partial charge is 0.453 e. The first-order valence-electron chi connectivity index (χ1n) is 14.1. The van der Waals surface area contributed by atoms with E-state index in [0.717, 1.165) is 30.2 Å². The first-order chi connectivity index (χ1) is 20.3. The lowest BCUT2D eigenvalue weighted by molar-refractivity contribution is -0.368. The van der Waals surface area contributed by atoms with Crippen molar-refractivity contribution >= 4 is 54.0 Å². The van der Waals surface area contributed by atoms with E-state index in [1.165, 1.54) is 0 Å². The summed E-state index contributed by atoms with van der Waals surface area (Å²) in [7, 11) is -8.34.